The lowest BCUT2D eigenvalue weighted by molar-refractivity contribution is -0.161. The van der Waals surface area contributed by atoms with E-state index in [1.807, 2.05) is 0 Å². The standard InChI is InChI=1S/C16H28N2O5.ClH/c1-15(2,3)22-12(19)9-11-14(21)18(8-7-17-11)10-13(20)23-16(4,5)6;/h11,17H,7-10H2,1-6H3;1H. The maximum absolute atomic E-state index is 12.4. The quantitative estimate of drug-likeness (QED) is 0.756. The van der Waals surface area contributed by atoms with E-state index >= 15 is 0 Å². The van der Waals surface area contributed by atoms with Crippen LogP contribution in [0.1, 0.15) is 48.0 Å². The van der Waals surface area contributed by atoms with Gasteiger partial charge in [0.15, 0.2) is 0 Å². The van der Waals surface area contributed by atoms with Gasteiger partial charge >= 0.3 is 11.9 Å². The van der Waals surface area contributed by atoms with Crippen LogP contribution in [0.5, 0.6) is 0 Å². The minimum atomic E-state index is -0.666. The third-order valence-electron chi connectivity index (χ3n) is 2.91. The lowest BCUT2D eigenvalue weighted by Crippen LogP contribution is -2.57. The van der Waals surface area contributed by atoms with Gasteiger partial charge < -0.3 is 19.7 Å². The molecule has 1 atom stereocenters. The molecule has 0 radical (unpaired) electrons. The zero-order valence-corrected chi connectivity index (χ0v) is 16.1. The Morgan fingerprint density at radius 1 is 1.08 bits per heavy atom. The Labute approximate surface area is 149 Å². The van der Waals surface area contributed by atoms with Gasteiger partial charge in [-0.3, -0.25) is 14.4 Å². The fraction of sp³-hybridized carbons (Fsp3) is 0.812. The number of nitrogens with one attached hydrogen (secondary N) is 1. The highest BCUT2D eigenvalue weighted by atomic mass is 35.5. The zero-order valence-electron chi connectivity index (χ0n) is 15.3. The summed E-state index contributed by atoms with van der Waals surface area (Å²) in [5.74, 6) is -1.18. The van der Waals surface area contributed by atoms with Crippen LogP contribution in [0.4, 0.5) is 0 Å². The van der Waals surface area contributed by atoms with Crippen LogP contribution in [0.2, 0.25) is 0 Å². The molecular weight excluding hydrogens is 336 g/mol. The average Bonchev–Trinajstić information content (AvgIpc) is 2.29. The van der Waals surface area contributed by atoms with E-state index in [0.717, 1.165) is 0 Å². The molecule has 7 nitrogen and oxygen atoms in total. The summed E-state index contributed by atoms with van der Waals surface area (Å²) in [6.45, 7) is 11.5. The smallest absolute Gasteiger partial charge is 0.326 e. The molecule has 1 aliphatic heterocycles. The molecule has 1 fully saturated rings. The highest BCUT2D eigenvalue weighted by molar-refractivity contribution is 5.89. The second kappa shape index (κ2) is 8.67. The van der Waals surface area contributed by atoms with Crippen molar-refractivity contribution < 1.29 is 23.9 Å². The number of carbonyl (C=O) groups is 3. The molecule has 1 N–H and O–H groups in total. The van der Waals surface area contributed by atoms with Crippen molar-refractivity contribution in [3.05, 3.63) is 0 Å². The molecule has 0 bridgehead atoms. The first-order chi connectivity index (χ1) is 10.4. The first-order valence-electron chi connectivity index (χ1n) is 7.83. The Hall–Kier alpha value is -1.34. The molecule has 140 valence electrons. The van der Waals surface area contributed by atoms with E-state index in [1.54, 1.807) is 41.5 Å². The van der Waals surface area contributed by atoms with Crippen LogP contribution in [-0.4, -0.2) is 59.6 Å². The van der Waals surface area contributed by atoms with Crippen molar-refractivity contribution in [2.45, 2.75) is 65.2 Å². The lowest BCUT2D eigenvalue weighted by atomic mass is 10.1. The van der Waals surface area contributed by atoms with Gasteiger partial charge in [0.25, 0.3) is 0 Å². The Kier molecular flexibility index (Phi) is 8.18. The summed E-state index contributed by atoms with van der Waals surface area (Å²) >= 11 is 0. The normalized spacial score (nSPS) is 18.7. The largest absolute Gasteiger partial charge is 0.460 e. The highest BCUT2D eigenvalue weighted by Crippen LogP contribution is 2.13. The van der Waals surface area contributed by atoms with Crippen LogP contribution in [-0.2, 0) is 23.9 Å². The topological polar surface area (TPSA) is 84.9 Å². The fourth-order valence-corrected chi connectivity index (χ4v) is 2.19. The van der Waals surface area contributed by atoms with Gasteiger partial charge in [-0.1, -0.05) is 0 Å². The van der Waals surface area contributed by atoms with Crippen LogP contribution >= 0.6 is 12.4 Å². The predicted molar refractivity (Wildman–Crippen MR) is 91.9 cm³/mol. The van der Waals surface area contributed by atoms with E-state index in [-0.39, 0.29) is 31.3 Å². The number of nitrogens with zero attached hydrogens (tertiary/aromatic N) is 1. The van der Waals surface area contributed by atoms with Gasteiger partial charge in [-0.15, -0.1) is 12.4 Å². The molecule has 1 saturated heterocycles. The molecular formula is C16H29ClN2O5. The second-order valence-electron chi connectivity index (χ2n) is 7.64. The Morgan fingerprint density at radius 3 is 2.08 bits per heavy atom. The third-order valence-corrected chi connectivity index (χ3v) is 2.91. The zero-order chi connectivity index (χ0) is 17.8. The van der Waals surface area contributed by atoms with E-state index < -0.39 is 29.2 Å². The van der Waals surface area contributed by atoms with Gasteiger partial charge in [0, 0.05) is 13.1 Å². The van der Waals surface area contributed by atoms with Gasteiger partial charge in [-0.25, -0.2) is 0 Å². The van der Waals surface area contributed by atoms with Crippen molar-refractivity contribution in [3.63, 3.8) is 0 Å². The Bertz CT molecular complexity index is 428. The summed E-state index contributed by atoms with van der Waals surface area (Å²) in [7, 11) is 0. The first-order valence-corrected chi connectivity index (χ1v) is 7.83. The lowest BCUT2D eigenvalue weighted by Gasteiger charge is -2.33. The monoisotopic (exact) mass is 364 g/mol. The minimum Gasteiger partial charge on any atom is -0.460 e. The molecule has 0 spiro atoms. The first kappa shape index (κ1) is 22.7. The van der Waals surface area contributed by atoms with Crippen molar-refractivity contribution in [2.75, 3.05) is 19.6 Å². The van der Waals surface area contributed by atoms with Crippen molar-refractivity contribution in [1.82, 2.24) is 10.2 Å². The number of amides is 1. The van der Waals surface area contributed by atoms with Crippen LogP contribution < -0.4 is 5.32 Å². The Balaban J connectivity index is 0.00000529. The number of rotatable bonds is 4. The molecule has 0 aromatic rings. The molecule has 1 heterocycles. The van der Waals surface area contributed by atoms with Gasteiger partial charge in [0.1, 0.15) is 17.7 Å². The van der Waals surface area contributed by atoms with Gasteiger partial charge in [0.05, 0.1) is 12.5 Å². The molecule has 24 heavy (non-hydrogen) atoms. The summed E-state index contributed by atoms with van der Waals surface area (Å²) in [5.41, 5.74) is -1.19. The SMILES string of the molecule is CC(C)(C)OC(=O)CC1NCCN(CC(=O)OC(C)(C)C)C1=O.Cl. The molecule has 0 aromatic carbocycles. The number of hydrogen-bond donors (Lipinski definition) is 1. The predicted octanol–water partition coefficient (Wildman–Crippen LogP) is 1.28. The average molecular weight is 365 g/mol. The molecule has 1 unspecified atom stereocenters. The molecule has 1 rings (SSSR count). The van der Waals surface area contributed by atoms with Crippen LogP contribution in [0.15, 0.2) is 0 Å². The second-order valence-corrected chi connectivity index (χ2v) is 7.64. The molecule has 1 aliphatic rings. The van der Waals surface area contributed by atoms with E-state index in [1.165, 1.54) is 4.90 Å². The van der Waals surface area contributed by atoms with Crippen molar-refractivity contribution in [3.8, 4) is 0 Å². The molecule has 0 saturated carbocycles. The van der Waals surface area contributed by atoms with E-state index in [2.05, 4.69) is 5.32 Å². The van der Waals surface area contributed by atoms with Crippen molar-refractivity contribution in [1.29, 1.82) is 0 Å². The molecule has 0 aromatic heterocycles. The van der Waals surface area contributed by atoms with Crippen molar-refractivity contribution in [2.24, 2.45) is 0 Å². The summed E-state index contributed by atoms with van der Waals surface area (Å²) in [6.07, 6.45) is -0.0546. The van der Waals surface area contributed by atoms with Gasteiger partial charge in [-0.2, -0.15) is 0 Å². The van der Waals surface area contributed by atoms with Crippen LogP contribution in [0, 0.1) is 0 Å². The van der Waals surface area contributed by atoms with Crippen LogP contribution in [0.3, 0.4) is 0 Å². The van der Waals surface area contributed by atoms with Crippen LogP contribution in [0.25, 0.3) is 0 Å². The minimum absolute atomic E-state index is 0. The van der Waals surface area contributed by atoms with E-state index in [9.17, 15) is 14.4 Å². The number of esters is 2. The van der Waals surface area contributed by atoms with E-state index in [0.29, 0.717) is 13.1 Å². The summed E-state index contributed by atoms with van der Waals surface area (Å²) in [4.78, 5) is 37.5. The third kappa shape index (κ3) is 8.49. The summed E-state index contributed by atoms with van der Waals surface area (Å²) in [5, 5.41) is 2.99. The fourth-order valence-electron chi connectivity index (χ4n) is 2.19. The number of carbonyl (C=O) groups excluding carboxylic acids is 3. The van der Waals surface area contributed by atoms with E-state index in [4.69, 9.17) is 9.47 Å². The maximum atomic E-state index is 12.4. The number of ether oxygens (including phenoxy) is 2. The Morgan fingerprint density at radius 2 is 1.58 bits per heavy atom. The molecule has 0 aliphatic carbocycles. The summed E-state index contributed by atoms with van der Waals surface area (Å²) in [6, 6.07) is -0.666. The molecule has 8 heteroatoms. The number of halogens is 1. The highest BCUT2D eigenvalue weighted by Gasteiger charge is 2.33. The van der Waals surface area contributed by atoms with Gasteiger partial charge in [0.2, 0.25) is 5.91 Å². The number of hydrogen-bond acceptors (Lipinski definition) is 6. The van der Waals surface area contributed by atoms with Gasteiger partial charge in [-0.05, 0) is 41.5 Å². The van der Waals surface area contributed by atoms with Crippen molar-refractivity contribution >= 4 is 30.3 Å². The summed E-state index contributed by atoms with van der Waals surface area (Å²) < 4.78 is 10.5. The number of piperazine rings is 1. The molecule has 1 amide bonds. The maximum Gasteiger partial charge on any atom is 0.326 e.